The second-order valence-corrected chi connectivity index (χ2v) is 7.88. The average molecular weight is 436 g/mol. The minimum atomic E-state index is -0.432. The number of carbonyl (C=O) groups is 2. The minimum Gasteiger partial charge on any atom is -0.466 e. The van der Waals surface area contributed by atoms with Crippen LogP contribution in [0.5, 0.6) is 0 Å². The summed E-state index contributed by atoms with van der Waals surface area (Å²) >= 11 is 0. The SMILES string of the molecule is CCCCCCOC(=O)CCCCCCCCC(=O)OCc1cccc([N+](=O)[O-])c1C. The van der Waals surface area contributed by atoms with Gasteiger partial charge in [-0.25, -0.2) is 0 Å². The largest absolute Gasteiger partial charge is 0.466 e. The van der Waals surface area contributed by atoms with Gasteiger partial charge in [-0.05, 0) is 31.7 Å². The second kappa shape index (κ2) is 16.3. The maximum Gasteiger partial charge on any atom is 0.306 e. The summed E-state index contributed by atoms with van der Waals surface area (Å²) in [5.41, 5.74) is 1.22. The summed E-state index contributed by atoms with van der Waals surface area (Å²) in [7, 11) is 0. The molecule has 0 heterocycles. The van der Waals surface area contributed by atoms with E-state index in [1.165, 1.54) is 18.9 Å². The third-order valence-corrected chi connectivity index (χ3v) is 5.28. The number of ether oxygens (including phenoxy) is 2. The Labute approximate surface area is 185 Å². The van der Waals surface area contributed by atoms with Crippen LogP contribution in [0, 0.1) is 17.0 Å². The van der Waals surface area contributed by atoms with Gasteiger partial charge < -0.3 is 9.47 Å². The van der Waals surface area contributed by atoms with Gasteiger partial charge in [-0.2, -0.15) is 0 Å². The summed E-state index contributed by atoms with van der Waals surface area (Å²) in [6, 6.07) is 4.78. The van der Waals surface area contributed by atoms with Crippen molar-refractivity contribution in [2.45, 2.75) is 97.5 Å². The normalized spacial score (nSPS) is 10.6. The molecule has 1 aromatic rings. The van der Waals surface area contributed by atoms with Crippen molar-refractivity contribution in [2.75, 3.05) is 6.61 Å². The van der Waals surface area contributed by atoms with Crippen LogP contribution in [0.4, 0.5) is 5.69 Å². The fourth-order valence-corrected chi connectivity index (χ4v) is 3.29. The van der Waals surface area contributed by atoms with Gasteiger partial charge in [-0.1, -0.05) is 64.0 Å². The van der Waals surface area contributed by atoms with Crippen molar-refractivity contribution in [1.29, 1.82) is 0 Å². The zero-order chi connectivity index (χ0) is 22.9. The van der Waals surface area contributed by atoms with Gasteiger partial charge in [0.2, 0.25) is 0 Å². The molecule has 0 saturated carbocycles. The summed E-state index contributed by atoms with van der Waals surface area (Å²) < 4.78 is 10.5. The van der Waals surface area contributed by atoms with Gasteiger partial charge in [-0.3, -0.25) is 19.7 Å². The van der Waals surface area contributed by atoms with Crippen LogP contribution >= 0.6 is 0 Å². The van der Waals surface area contributed by atoms with E-state index in [2.05, 4.69) is 6.92 Å². The first kappa shape index (κ1) is 26.6. The Bertz CT molecular complexity index is 689. The highest BCUT2D eigenvalue weighted by Gasteiger charge is 2.14. The first-order valence-corrected chi connectivity index (χ1v) is 11.5. The van der Waals surface area contributed by atoms with Crippen molar-refractivity contribution >= 4 is 17.6 Å². The average Bonchev–Trinajstić information content (AvgIpc) is 2.74. The number of nitro groups is 1. The molecule has 174 valence electrons. The zero-order valence-corrected chi connectivity index (χ0v) is 19.0. The first-order valence-electron chi connectivity index (χ1n) is 11.5. The summed E-state index contributed by atoms with van der Waals surface area (Å²) in [6.07, 6.45) is 10.8. The van der Waals surface area contributed by atoms with E-state index in [0.29, 0.717) is 30.6 Å². The highest BCUT2D eigenvalue weighted by Crippen LogP contribution is 2.21. The standard InChI is InChI=1S/C24H37NO6/c1-3-4-5-12-18-30-23(26)16-10-8-6-7-9-11-17-24(27)31-19-21-14-13-15-22(20(21)2)25(28)29/h13-15H,3-12,16-19H2,1-2H3. The van der Waals surface area contributed by atoms with E-state index in [1.54, 1.807) is 19.1 Å². The lowest BCUT2D eigenvalue weighted by Crippen LogP contribution is -2.06. The lowest BCUT2D eigenvalue weighted by atomic mass is 10.1. The van der Waals surface area contributed by atoms with Crippen LogP contribution in [0.25, 0.3) is 0 Å². The lowest BCUT2D eigenvalue weighted by Gasteiger charge is -2.08. The Morgan fingerprint density at radius 2 is 1.45 bits per heavy atom. The molecule has 1 rings (SSSR count). The van der Waals surface area contributed by atoms with E-state index < -0.39 is 4.92 Å². The molecule has 7 nitrogen and oxygen atoms in total. The van der Waals surface area contributed by atoms with Crippen molar-refractivity contribution in [3.05, 3.63) is 39.4 Å². The van der Waals surface area contributed by atoms with Gasteiger partial charge >= 0.3 is 11.9 Å². The fraction of sp³-hybridized carbons (Fsp3) is 0.667. The molecule has 0 aliphatic heterocycles. The van der Waals surface area contributed by atoms with Gasteiger partial charge in [0, 0.05) is 24.5 Å². The Balaban J connectivity index is 2.02. The third kappa shape index (κ3) is 12.1. The van der Waals surface area contributed by atoms with Crippen LogP contribution in [-0.2, 0) is 25.7 Å². The van der Waals surface area contributed by atoms with E-state index in [9.17, 15) is 19.7 Å². The summed E-state index contributed by atoms with van der Waals surface area (Å²) in [5, 5.41) is 11.0. The molecule has 0 unspecified atom stereocenters. The van der Waals surface area contributed by atoms with Crippen LogP contribution in [0.3, 0.4) is 0 Å². The van der Waals surface area contributed by atoms with Gasteiger partial charge in [0.05, 0.1) is 11.5 Å². The summed E-state index contributed by atoms with van der Waals surface area (Å²) in [5.74, 6) is -0.384. The summed E-state index contributed by atoms with van der Waals surface area (Å²) in [6.45, 7) is 4.41. The predicted octanol–water partition coefficient (Wildman–Crippen LogP) is 6.19. The van der Waals surface area contributed by atoms with Gasteiger partial charge in [0.1, 0.15) is 6.61 Å². The quantitative estimate of drug-likeness (QED) is 0.125. The van der Waals surface area contributed by atoms with Crippen LogP contribution in [0.1, 0.15) is 95.1 Å². The van der Waals surface area contributed by atoms with Crippen molar-refractivity contribution in [1.82, 2.24) is 0 Å². The van der Waals surface area contributed by atoms with Crippen molar-refractivity contribution in [2.24, 2.45) is 0 Å². The topological polar surface area (TPSA) is 95.7 Å². The van der Waals surface area contributed by atoms with Gasteiger partial charge in [-0.15, -0.1) is 0 Å². The predicted molar refractivity (Wildman–Crippen MR) is 120 cm³/mol. The number of unbranched alkanes of at least 4 members (excludes halogenated alkanes) is 8. The molecule has 0 fully saturated rings. The number of esters is 2. The molecule has 0 amide bonds. The van der Waals surface area contributed by atoms with Gasteiger partial charge in [0.15, 0.2) is 0 Å². The molecule has 7 heteroatoms. The van der Waals surface area contributed by atoms with Gasteiger partial charge in [0.25, 0.3) is 5.69 Å². The highest BCUT2D eigenvalue weighted by molar-refractivity contribution is 5.69. The van der Waals surface area contributed by atoms with E-state index in [-0.39, 0.29) is 24.2 Å². The Kier molecular flexibility index (Phi) is 14.0. The molecule has 0 atom stereocenters. The van der Waals surface area contributed by atoms with E-state index in [0.717, 1.165) is 51.4 Å². The first-order chi connectivity index (χ1) is 15.0. The molecule has 0 N–H and O–H groups in total. The van der Waals surface area contributed by atoms with Crippen LogP contribution in [-0.4, -0.2) is 23.5 Å². The number of benzene rings is 1. The van der Waals surface area contributed by atoms with E-state index >= 15 is 0 Å². The monoisotopic (exact) mass is 435 g/mol. The van der Waals surface area contributed by atoms with E-state index in [1.807, 2.05) is 0 Å². The Morgan fingerprint density at radius 3 is 2.06 bits per heavy atom. The molecule has 0 bridgehead atoms. The molecule has 1 aromatic carbocycles. The van der Waals surface area contributed by atoms with Crippen LogP contribution < -0.4 is 0 Å². The number of rotatable bonds is 17. The Morgan fingerprint density at radius 1 is 0.871 bits per heavy atom. The number of carbonyl (C=O) groups excluding carboxylic acids is 2. The van der Waals surface area contributed by atoms with Crippen molar-refractivity contribution in [3.63, 3.8) is 0 Å². The van der Waals surface area contributed by atoms with Crippen LogP contribution in [0.2, 0.25) is 0 Å². The molecule has 0 spiro atoms. The molecule has 0 aliphatic carbocycles. The molecular weight excluding hydrogens is 398 g/mol. The summed E-state index contributed by atoms with van der Waals surface area (Å²) in [4.78, 5) is 34.0. The van der Waals surface area contributed by atoms with Crippen molar-refractivity contribution in [3.8, 4) is 0 Å². The van der Waals surface area contributed by atoms with Crippen molar-refractivity contribution < 1.29 is 24.0 Å². The smallest absolute Gasteiger partial charge is 0.306 e. The number of hydrogen-bond donors (Lipinski definition) is 0. The fourth-order valence-electron chi connectivity index (χ4n) is 3.29. The molecule has 0 radical (unpaired) electrons. The number of nitro benzene ring substituents is 1. The Hall–Kier alpha value is -2.44. The molecule has 31 heavy (non-hydrogen) atoms. The third-order valence-electron chi connectivity index (χ3n) is 5.28. The highest BCUT2D eigenvalue weighted by atomic mass is 16.6. The van der Waals surface area contributed by atoms with Crippen LogP contribution in [0.15, 0.2) is 18.2 Å². The minimum absolute atomic E-state index is 0.0359. The lowest BCUT2D eigenvalue weighted by molar-refractivity contribution is -0.385. The number of hydrogen-bond acceptors (Lipinski definition) is 6. The maximum atomic E-state index is 11.9. The molecule has 0 aromatic heterocycles. The maximum absolute atomic E-state index is 11.9. The molecule has 0 aliphatic rings. The van der Waals surface area contributed by atoms with E-state index in [4.69, 9.17) is 9.47 Å². The molecule has 0 saturated heterocycles. The number of nitrogens with zero attached hydrogens (tertiary/aromatic N) is 1. The second-order valence-electron chi connectivity index (χ2n) is 7.88. The molecular formula is C24H37NO6. The zero-order valence-electron chi connectivity index (χ0n) is 19.0.